The Labute approximate surface area is 93.4 Å². The van der Waals surface area contributed by atoms with Crippen molar-refractivity contribution >= 4 is 34.1 Å². The van der Waals surface area contributed by atoms with E-state index in [9.17, 15) is 0 Å². The van der Waals surface area contributed by atoms with E-state index >= 15 is 0 Å². The molecule has 0 aliphatic carbocycles. The van der Waals surface area contributed by atoms with Gasteiger partial charge < -0.3 is 0 Å². The van der Waals surface area contributed by atoms with E-state index in [2.05, 4.69) is 54.1 Å². The molecule has 0 N–H and O–H groups in total. The molecule has 14 heavy (non-hydrogen) atoms. The molecule has 1 aromatic heterocycles. The smallest absolute Gasteiger partial charge is 0.0499 e. The van der Waals surface area contributed by atoms with Crippen molar-refractivity contribution < 1.29 is 0 Å². The molecule has 2 rings (SSSR count). The molecule has 1 heterocycles. The van der Waals surface area contributed by atoms with Gasteiger partial charge in [0.15, 0.2) is 0 Å². The van der Waals surface area contributed by atoms with Crippen LogP contribution in [0.3, 0.4) is 0 Å². The van der Waals surface area contributed by atoms with Gasteiger partial charge in [0.05, 0.1) is 0 Å². The standard InChI is InChI=1S/C12H10S2/c13-8-2-1-4-10-5-3-6-11-7-9-14-12(10)11/h3,5-7,9,13H,2,8H2. The number of fused-ring (bicyclic) bond motifs is 1. The van der Waals surface area contributed by atoms with Crippen LogP contribution in [0.4, 0.5) is 0 Å². The van der Waals surface area contributed by atoms with Gasteiger partial charge in [-0.25, -0.2) is 0 Å². The highest BCUT2D eigenvalue weighted by atomic mass is 32.1. The third-order valence-electron chi connectivity index (χ3n) is 1.94. The first-order valence-electron chi connectivity index (χ1n) is 4.48. The van der Waals surface area contributed by atoms with Crippen LogP contribution in [0.5, 0.6) is 0 Å². The van der Waals surface area contributed by atoms with E-state index in [0.29, 0.717) is 0 Å². The number of thiophene rings is 1. The maximum Gasteiger partial charge on any atom is 0.0499 e. The Morgan fingerprint density at radius 2 is 2.21 bits per heavy atom. The molecule has 0 atom stereocenters. The average molecular weight is 218 g/mol. The van der Waals surface area contributed by atoms with E-state index < -0.39 is 0 Å². The quantitative estimate of drug-likeness (QED) is 0.549. The Kier molecular flexibility index (Phi) is 3.13. The lowest BCUT2D eigenvalue weighted by Crippen LogP contribution is -1.74. The highest BCUT2D eigenvalue weighted by Gasteiger charge is 1.97. The number of hydrogen-bond acceptors (Lipinski definition) is 2. The van der Waals surface area contributed by atoms with Crippen molar-refractivity contribution in [2.45, 2.75) is 6.42 Å². The Balaban J connectivity index is 2.43. The van der Waals surface area contributed by atoms with Gasteiger partial charge in [-0.1, -0.05) is 24.0 Å². The van der Waals surface area contributed by atoms with Gasteiger partial charge in [0.25, 0.3) is 0 Å². The van der Waals surface area contributed by atoms with Gasteiger partial charge in [0.1, 0.15) is 0 Å². The highest BCUT2D eigenvalue weighted by Crippen LogP contribution is 2.23. The lowest BCUT2D eigenvalue weighted by Gasteiger charge is -1.92. The molecule has 0 bridgehead atoms. The van der Waals surface area contributed by atoms with Crippen molar-refractivity contribution in [3.8, 4) is 11.8 Å². The Morgan fingerprint density at radius 1 is 1.29 bits per heavy atom. The normalized spacial score (nSPS) is 9.79. The summed E-state index contributed by atoms with van der Waals surface area (Å²) in [5, 5.41) is 3.39. The molecule has 2 heteroatoms. The maximum atomic E-state index is 4.13. The minimum Gasteiger partial charge on any atom is -0.178 e. The molecule has 0 fully saturated rings. The van der Waals surface area contributed by atoms with Crippen molar-refractivity contribution in [1.82, 2.24) is 0 Å². The first-order chi connectivity index (χ1) is 6.92. The summed E-state index contributed by atoms with van der Waals surface area (Å²) < 4.78 is 1.29. The molecular formula is C12H10S2. The van der Waals surface area contributed by atoms with Crippen molar-refractivity contribution in [2.75, 3.05) is 5.75 Å². The first kappa shape index (κ1) is 9.64. The molecule has 0 amide bonds. The summed E-state index contributed by atoms with van der Waals surface area (Å²) in [7, 11) is 0. The zero-order valence-electron chi connectivity index (χ0n) is 7.66. The number of benzene rings is 1. The molecule has 0 radical (unpaired) electrons. The summed E-state index contributed by atoms with van der Waals surface area (Å²) >= 11 is 5.88. The summed E-state index contributed by atoms with van der Waals surface area (Å²) in [4.78, 5) is 0. The molecule has 0 saturated carbocycles. The minimum atomic E-state index is 0.827. The second-order valence-corrected chi connectivity index (χ2v) is 4.28. The predicted octanol–water partition coefficient (Wildman–Crippen LogP) is 3.57. The van der Waals surface area contributed by atoms with E-state index in [1.54, 1.807) is 11.3 Å². The highest BCUT2D eigenvalue weighted by molar-refractivity contribution is 7.80. The van der Waals surface area contributed by atoms with Crippen LogP contribution >= 0.6 is 24.0 Å². The number of thiol groups is 1. The summed E-state index contributed by atoms with van der Waals surface area (Å²) in [6.45, 7) is 0. The zero-order valence-corrected chi connectivity index (χ0v) is 9.37. The third kappa shape index (κ3) is 1.95. The van der Waals surface area contributed by atoms with Crippen LogP contribution in [0, 0.1) is 11.8 Å². The van der Waals surface area contributed by atoms with Gasteiger partial charge in [0, 0.05) is 22.4 Å². The van der Waals surface area contributed by atoms with Crippen LogP contribution in [0.15, 0.2) is 29.6 Å². The fraction of sp³-hybridized carbons (Fsp3) is 0.167. The molecule has 0 aliphatic rings. The molecule has 0 unspecified atom stereocenters. The summed E-state index contributed by atoms with van der Waals surface area (Å²) in [5.41, 5.74) is 1.14. The van der Waals surface area contributed by atoms with Crippen molar-refractivity contribution in [1.29, 1.82) is 0 Å². The lowest BCUT2D eigenvalue weighted by molar-refractivity contribution is 1.31. The van der Waals surface area contributed by atoms with Gasteiger partial charge in [-0.3, -0.25) is 0 Å². The van der Waals surface area contributed by atoms with Crippen molar-refractivity contribution in [3.63, 3.8) is 0 Å². The Bertz CT molecular complexity index is 485. The predicted molar refractivity (Wildman–Crippen MR) is 67.2 cm³/mol. The molecule has 0 spiro atoms. The summed E-state index contributed by atoms with van der Waals surface area (Å²) in [6, 6.07) is 8.38. The minimum absolute atomic E-state index is 0.827. The molecule has 1 aromatic carbocycles. The SMILES string of the molecule is SCCC#Cc1cccc2ccsc12. The fourth-order valence-corrected chi connectivity index (χ4v) is 2.29. The molecule has 0 saturated heterocycles. The molecule has 2 aromatic rings. The van der Waals surface area contributed by atoms with Gasteiger partial charge in [0.2, 0.25) is 0 Å². The Morgan fingerprint density at radius 3 is 3.07 bits per heavy atom. The monoisotopic (exact) mass is 218 g/mol. The van der Waals surface area contributed by atoms with E-state index in [-0.39, 0.29) is 0 Å². The molecule has 70 valence electrons. The average Bonchev–Trinajstić information content (AvgIpc) is 2.67. The van der Waals surface area contributed by atoms with E-state index in [1.807, 2.05) is 0 Å². The zero-order chi connectivity index (χ0) is 9.80. The summed E-state index contributed by atoms with van der Waals surface area (Å²) in [5.74, 6) is 7.13. The molecule has 0 nitrogen and oxygen atoms in total. The van der Waals surface area contributed by atoms with Crippen LogP contribution in [0.25, 0.3) is 10.1 Å². The molecular weight excluding hydrogens is 208 g/mol. The van der Waals surface area contributed by atoms with E-state index in [4.69, 9.17) is 0 Å². The first-order valence-corrected chi connectivity index (χ1v) is 5.99. The van der Waals surface area contributed by atoms with E-state index in [1.165, 1.54) is 10.1 Å². The number of hydrogen-bond donors (Lipinski definition) is 1. The topological polar surface area (TPSA) is 0 Å². The van der Waals surface area contributed by atoms with E-state index in [0.717, 1.165) is 17.7 Å². The third-order valence-corrected chi connectivity index (χ3v) is 3.13. The second kappa shape index (κ2) is 4.54. The van der Waals surface area contributed by atoms with Gasteiger partial charge >= 0.3 is 0 Å². The maximum absolute atomic E-state index is 4.13. The molecule has 0 aliphatic heterocycles. The fourth-order valence-electron chi connectivity index (χ4n) is 1.31. The van der Waals surface area contributed by atoms with Crippen LogP contribution in [-0.2, 0) is 0 Å². The van der Waals surface area contributed by atoms with Crippen LogP contribution in [-0.4, -0.2) is 5.75 Å². The van der Waals surface area contributed by atoms with Gasteiger partial charge in [-0.05, 0) is 22.9 Å². The van der Waals surface area contributed by atoms with Crippen LogP contribution in [0.2, 0.25) is 0 Å². The van der Waals surface area contributed by atoms with Crippen molar-refractivity contribution in [2.24, 2.45) is 0 Å². The van der Waals surface area contributed by atoms with Gasteiger partial charge in [-0.2, -0.15) is 12.6 Å². The van der Waals surface area contributed by atoms with Crippen molar-refractivity contribution in [3.05, 3.63) is 35.2 Å². The summed E-state index contributed by atoms with van der Waals surface area (Å²) in [6.07, 6.45) is 0.852. The van der Waals surface area contributed by atoms with Crippen LogP contribution in [0.1, 0.15) is 12.0 Å². The number of rotatable bonds is 1. The largest absolute Gasteiger partial charge is 0.178 e. The lowest BCUT2D eigenvalue weighted by atomic mass is 10.2. The van der Waals surface area contributed by atoms with Crippen LogP contribution < -0.4 is 0 Å². The van der Waals surface area contributed by atoms with Gasteiger partial charge in [-0.15, -0.1) is 11.3 Å². The Hall–Kier alpha value is -0.910. The second-order valence-electron chi connectivity index (χ2n) is 2.92.